The zero-order chi connectivity index (χ0) is 16.5. The number of nitrogens with one attached hydrogen (secondary N) is 1. The molecule has 1 atom stereocenters. The van der Waals surface area contributed by atoms with Gasteiger partial charge in [-0.05, 0) is 45.0 Å². The van der Waals surface area contributed by atoms with Crippen LogP contribution in [0.1, 0.15) is 19.4 Å². The van der Waals surface area contributed by atoms with E-state index in [2.05, 4.69) is 5.32 Å². The Hall–Kier alpha value is -1.95. The summed E-state index contributed by atoms with van der Waals surface area (Å²) in [6.45, 7) is 4.32. The van der Waals surface area contributed by atoms with Crippen LogP contribution in [0, 0.1) is 5.82 Å². The van der Waals surface area contributed by atoms with Gasteiger partial charge >= 0.3 is 5.97 Å². The van der Waals surface area contributed by atoms with Crippen molar-refractivity contribution in [2.24, 2.45) is 0 Å². The number of benzene rings is 1. The minimum absolute atomic E-state index is 0.0698. The third-order valence-corrected chi connectivity index (χ3v) is 3.35. The predicted molar refractivity (Wildman–Crippen MR) is 81.8 cm³/mol. The van der Waals surface area contributed by atoms with Crippen molar-refractivity contribution in [1.29, 1.82) is 0 Å². The maximum absolute atomic E-state index is 12.8. The molecule has 0 saturated heterocycles. The Labute approximate surface area is 130 Å². The van der Waals surface area contributed by atoms with E-state index in [0.29, 0.717) is 19.6 Å². The summed E-state index contributed by atoms with van der Waals surface area (Å²) >= 11 is 0. The summed E-state index contributed by atoms with van der Waals surface area (Å²) in [6.07, 6.45) is 0.625. The Balaban J connectivity index is 2.34. The Morgan fingerprint density at radius 2 is 1.95 bits per heavy atom. The highest BCUT2D eigenvalue weighted by Gasteiger charge is 2.20. The average Bonchev–Trinajstić information content (AvgIpc) is 2.48. The van der Waals surface area contributed by atoms with Crippen molar-refractivity contribution < 1.29 is 18.7 Å². The summed E-state index contributed by atoms with van der Waals surface area (Å²) < 4.78 is 17.6. The monoisotopic (exact) mass is 310 g/mol. The van der Waals surface area contributed by atoms with E-state index in [1.54, 1.807) is 37.9 Å². The first-order valence-corrected chi connectivity index (χ1v) is 7.32. The van der Waals surface area contributed by atoms with Gasteiger partial charge in [0.25, 0.3) is 0 Å². The van der Waals surface area contributed by atoms with Crippen LogP contribution < -0.4 is 5.32 Å². The minimum Gasteiger partial charge on any atom is -0.465 e. The Morgan fingerprint density at radius 3 is 2.55 bits per heavy atom. The van der Waals surface area contributed by atoms with Gasteiger partial charge in [-0.15, -0.1) is 0 Å². The third kappa shape index (κ3) is 6.22. The van der Waals surface area contributed by atoms with E-state index < -0.39 is 6.04 Å². The van der Waals surface area contributed by atoms with E-state index in [-0.39, 0.29) is 24.2 Å². The largest absolute Gasteiger partial charge is 0.465 e. The molecule has 0 aromatic heterocycles. The van der Waals surface area contributed by atoms with E-state index >= 15 is 0 Å². The highest BCUT2D eigenvalue weighted by atomic mass is 19.1. The summed E-state index contributed by atoms with van der Waals surface area (Å²) in [5, 5.41) is 2.81. The fourth-order valence-corrected chi connectivity index (χ4v) is 1.88. The van der Waals surface area contributed by atoms with Crippen LogP contribution in [-0.2, 0) is 20.7 Å². The molecular weight excluding hydrogens is 287 g/mol. The van der Waals surface area contributed by atoms with Crippen LogP contribution in [-0.4, -0.2) is 49.6 Å². The van der Waals surface area contributed by atoms with Crippen molar-refractivity contribution in [2.75, 3.05) is 26.7 Å². The van der Waals surface area contributed by atoms with Gasteiger partial charge in [-0.3, -0.25) is 14.5 Å². The first-order chi connectivity index (χ1) is 10.4. The topological polar surface area (TPSA) is 58.6 Å². The quantitative estimate of drug-likeness (QED) is 0.737. The lowest BCUT2D eigenvalue weighted by Crippen LogP contribution is -2.45. The molecule has 22 heavy (non-hydrogen) atoms. The van der Waals surface area contributed by atoms with Gasteiger partial charge < -0.3 is 10.1 Å². The number of ether oxygens (including phenoxy) is 1. The average molecular weight is 310 g/mol. The summed E-state index contributed by atoms with van der Waals surface area (Å²) in [5.74, 6) is -0.785. The van der Waals surface area contributed by atoms with Gasteiger partial charge in [0.05, 0.1) is 19.2 Å². The van der Waals surface area contributed by atoms with Crippen molar-refractivity contribution in [3.05, 3.63) is 35.6 Å². The molecule has 1 aromatic carbocycles. The van der Waals surface area contributed by atoms with Gasteiger partial charge in [0.15, 0.2) is 0 Å². The third-order valence-electron chi connectivity index (χ3n) is 3.35. The number of amides is 1. The normalized spacial score (nSPS) is 12.0. The number of rotatable bonds is 8. The fraction of sp³-hybridized carbons (Fsp3) is 0.500. The fourth-order valence-electron chi connectivity index (χ4n) is 1.88. The van der Waals surface area contributed by atoms with Gasteiger partial charge in [-0.1, -0.05) is 12.1 Å². The summed E-state index contributed by atoms with van der Waals surface area (Å²) in [5.41, 5.74) is 0.953. The second kappa shape index (κ2) is 9.15. The Morgan fingerprint density at radius 1 is 1.32 bits per heavy atom. The molecule has 122 valence electrons. The Kier molecular flexibility index (Phi) is 7.52. The Bertz CT molecular complexity index is 491. The molecule has 1 amide bonds. The molecule has 0 aliphatic carbocycles. The van der Waals surface area contributed by atoms with E-state index in [1.807, 2.05) is 0 Å². The molecule has 1 N–H and O–H groups in total. The minimum atomic E-state index is -0.433. The number of halogens is 1. The highest BCUT2D eigenvalue weighted by Crippen LogP contribution is 2.03. The van der Waals surface area contributed by atoms with Crippen molar-refractivity contribution in [2.45, 2.75) is 26.3 Å². The summed E-state index contributed by atoms with van der Waals surface area (Å²) in [6, 6.07) is 5.74. The molecular formula is C16H23FN2O3. The smallest absolute Gasteiger partial charge is 0.320 e. The molecule has 0 aliphatic heterocycles. The summed E-state index contributed by atoms with van der Waals surface area (Å²) in [7, 11) is 1.70. The van der Waals surface area contributed by atoms with Crippen molar-refractivity contribution in [3.63, 3.8) is 0 Å². The first-order valence-electron chi connectivity index (χ1n) is 7.32. The molecule has 0 bridgehead atoms. The number of carbonyl (C=O) groups is 2. The van der Waals surface area contributed by atoms with Crippen LogP contribution in [0.5, 0.6) is 0 Å². The number of likely N-dealkylation sites (N-methyl/N-ethyl adjacent to an activating group) is 1. The van der Waals surface area contributed by atoms with Gasteiger partial charge in [0, 0.05) is 6.54 Å². The number of hydrogen-bond donors (Lipinski definition) is 1. The molecule has 1 unspecified atom stereocenters. The van der Waals surface area contributed by atoms with Crippen molar-refractivity contribution in [1.82, 2.24) is 10.2 Å². The molecule has 0 heterocycles. The van der Waals surface area contributed by atoms with Crippen LogP contribution in [0.15, 0.2) is 24.3 Å². The van der Waals surface area contributed by atoms with Crippen LogP contribution in [0.3, 0.4) is 0 Å². The second-order valence-corrected chi connectivity index (χ2v) is 5.06. The SMILES string of the molecule is CCOC(=O)CN(C)C(C)C(=O)NCCc1ccc(F)cc1. The predicted octanol–water partition coefficient (Wildman–Crippen LogP) is 1.37. The van der Waals surface area contributed by atoms with Gasteiger partial charge in [0.1, 0.15) is 5.82 Å². The van der Waals surface area contributed by atoms with E-state index in [1.165, 1.54) is 12.1 Å². The zero-order valence-corrected chi connectivity index (χ0v) is 13.3. The number of nitrogens with zero attached hydrogens (tertiary/aromatic N) is 1. The van der Waals surface area contributed by atoms with Gasteiger partial charge in [0.2, 0.25) is 5.91 Å². The summed E-state index contributed by atoms with van der Waals surface area (Å²) in [4.78, 5) is 25.0. The van der Waals surface area contributed by atoms with Crippen LogP contribution in [0.2, 0.25) is 0 Å². The number of esters is 1. The van der Waals surface area contributed by atoms with Crippen molar-refractivity contribution in [3.8, 4) is 0 Å². The maximum Gasteiger partial charge on any atom is 0.320 e. The molecule has 0 aliphatic rings. The first kappa shape index (κ1) is 18.1. The molecule has 1 rings (SSSR count). The molecule has 1 aromatic rings. The number of carbonyl (C=O) groups excluding carboxylic acids is 2. The van der Waals surface area contributed by atoms with E-state index in [0.717, 1.165) is 5.56 Å². The molecule has 0 saturated carbocycles. The maximum atomic E-state index is 12.8. The zero-order valence-electron chi connectivity index (χ0n) is 13.3. The molecule has 0 spiro atoms. The molecule has 0 radical (unpaired) electrons. The lowest BCUT2D eigenvalue weighted by Gasteiger charge is -2.22. The molecule has 5 nitrogen and oxygen atoms in total. The van der Waals surface area contributed by atoms with Gasteiger partial charge in [-0.25, -0.2) is 4.39 Å². The lowest BCUT2D eigenvalue weighted by atomic mass is 10.1. The van der Waals surface area contributed by atoms with Gasteiger partial charge in [-0.2, -0.15) is 0 Å². The highest BCUT2D eigenvalue weighted by molar-refractivity contribution is 5.82. The molecule has 0 fully saturated rings. The second-order valence-electron chi connectivity index (χ2n) is 5.06. The molecule has 6 heteroatoms. The van der Waals surface area contributed by atoms with Crippen LogP contribution in [0.4, 0.5) is 4.39 Å². The van der Waals surface area contributed by atoms with E-state index in [9.17, 15) is 14.0 Å². The van der Waals surface area contributed by atoms with Crippen LogP contribution in [0.25, 0.3) is 0 Å². The lowest BCUT2D eigenvalue weighted by molar-refractivity contribution is -0.145. The van der Waals surface area contributed by atoms with E-state index in [4.69, 9.17) is 4.74 Å². The number of hydrogen-bond acceptors (Lipinski definition) is 4. The van der Waals surface area contributed by atoms with Crippen molar-refractivity contribution >= 4 is 11.9 Å². The standard InChI is InChI=1S/C16H23FN2O3/c1-4-22-15(20)11-19(3)12(2)16(21)18-10-9-13-5-7-14(17)8-6-13/h5-8,12H,4,9-11H2,1-3H3,(H,18,21). The van der Waals surface area contributed by atoms with Crippen LogP contribution >= 0.6 is 0 Å².